The highest BCUT2D eigenvalue weighted by atomic mass is 16.5. The lowest BCUT2D eigenvalue weighted by molar-refractivity contribution is 0.0546. The van der Waals surface area contributed by atoms with Crippen molar-refractivity contribution < 1.29 is 18.8 Å². The maximum absolute atomic E-state index is 13.8. The van der Waals surface area contributed by atoms with Crippen LogP contribution in [-0.2, 0) is 6.54 Å². The molecule has 0 bridgehead atoms. The van der Waals surface area contributed by atoms with Crippen LogP contribution in [0, 0.1) is 12.8 Å². The zero-order valence-corrected chi connectivity index (χ0v) is 27.3. The molecule has 2 heterocycles. The van der Waals surface area contributed by atoms with Crippen LogP contribution in [0.5, 0.6) is 11.5 Å². The van der Waals surface area contributed by atoms with Crippen LogP contribution in [0.4, 0.5) is 0 Å². The van der Waals surface area contributed by atoms with Crippen LogP contribution in [0.1, 0.15) is 54.6 Å². The number of likely N-dealkylation sites (tertiary alicyclic amines) is 1. The second-order valence-corrected chi connectivity index (χ2v) is 11.7. The van der Waals surface area contributed by atoms with Gasteiger partial charge in [-0.25, -0.2) is 0 Å². The molecule has 0 saturated carbocycles. The third-order valence-electron chi connectivity index (χ3n) is 8.20. The van der Waals surface area contributed by atoms with E-state index in [0.717, 1.165) is 60.3 Å². The summed E-state index contributed by atoms with van der Waals surface area (Å²) < 4.78 is 16.3. The Bertz CT molecular complexity index is 1510. The molecule has 1 aromatic heterocycles. The van der Waals surface area contributed by atoms with E-state index in [1.54, 1.807) is 14.2 Å². The van der Waals surface area contributed by atoms with Gasteiger partial charge >= 0.3 is 0 Å². The van der Waals surface area contributed by atoms with Crippen LogP contribution in [0.2, 0.25) is 0 Å². The quantitative estimate of drug-likeness (QED) is 0.161. The normalized spacial score (nSPS) is 13.6. The highest BCUT2D eigenvalue weighted by Gasteiger charge is 2.29. The van der Waals surface area contributed by atoms with Crippen molar-refractivity contribution in [1.29, 1.82) is 0 Å². The number of hydrogen-bond acceptors (Lipinski definition) is 7. The number of piperidine rings is 1. The maximum Gasteiger partial charge on any atom is 0.258 e. The van der Waals surface area contributed by atoms with E-state index >= 15 is 0 Å². The van der Waals surface area contributed by atoms with Gasteiger partial charge in [-0.15, -0.1) is 13.2 Å². The lowest BCUT2D eigenvalue weighted by atomic mass is 9.99. The second-order valence-electron chi connectivity index (χ2n) is 11.7. The van der Waals surface area contributed by atoms with Gasteiger partial charge in [0.25, 0.3) is 11.8 Å². The summed E-state index contributed by atoms with van der Waals surface area (Å²) in [5.74, 6) is 2.91. The van der Waals surface area contributed by atoms with Crippen LogP contribution in [0.3, 0.4) is 0 Å². The first-order chi connectivity index (χ1) is 21.8. The molecule has 1 fully saturated rings. The number of methoxy groups -OCH3 is 2. The fraction of sp³-hybridized carbons (Fsp3) is 0.378. The van der Waals surface area contributed by atoms with E-state index in [-0.39, 0.29) is 11.9 Å². The van der Waals surface area contributed by atoms with Crippen LogP contribution in [0.25, 0.3) is 22.8 Å². The second kappa shape index (κ2) is 16.0. The molecule has 0 spiro atoms. The molecule has 1 saturated heterocycles. The molecule has 0 N–H and O–H groups in total. The summed E-state index contributed by atoms with van der Waals surface area (Å²) in [6.45, 7) is 16.3. The first-order valence-electron chi connectivity index (χ1n) is 15.6. The summed E-state index contributed by atoms with van der Waals surface area (Å²) in [6.07, 6.45) is 3.17. The lowest BCUT2D eigenvalue weighted by Gasteiger charge is -2.39. The number of ether oxygens (including phenoxy) is 2. The molecular weight excluding hydrogens is 564 g/mol. The van der Waals surface area contributed by atoms with Crippen molar-refractivity contribution in [3.8, 4) is 34.3 Å². The molecule has 0 atom stereocenters. The van der Waals surface area contributed by atoms with Gasteiger partial charge in [0.05, 0.1) is 14.2 Å². The molecule has 1 aliphatic rings. The van der Waals surface area contributed by atoms with Crippen molar-refractivity contribution in [3.05, 3.63) is 96.6 Å². The van der Waals surface area contributed by atoms with E-state index in [9.17, 15) is 4.79 Å². The third-order valence-corrected chi connectivity index (χ3v) is 8.20. The molecule has 0 aliphatic carbocycles. The smallest absolute Gasteiger partial charge is 0.258 e. The van der Waals surface area contributed by atoms with E-state index in [1.165, 1.54) is 6.42 Å². The lowest BCUT2D eigenvalue weighted by Crippen LogP contribution is -2.47. The monoisotopic (exact) mass is 610 g/mol. The number of amides is 1. The topological polar surface area (TPSA) is 80.9 Å². The SMILES string of the molecule is C=C.COc1ccc(-c2nc(-c3ccc(CN(C(=O)c4ccc(C)cc4)C4CCN(CCC(C)C)CC4)cc3)no2)cc1OC. The Labute approximate surface area is 267 Å². The van der Waals surface area contributed by atoms with Crippen molar-refractivity contribution >= 4 is 5.91 Å². The molecular formula is C37H46N4O4. The van der Waals surface area contributed by atoms with Crippen LogP contribution in [-0.4, -0.2) is 65.7 Å². The predicted octanol–water partition coefficient (Wildman–Crippen LogP) is 7.68. The number of carbonyl (C=O) groups is 1. The summed E-state index contributed by atoms with van der Waals surface area (Å²) in [5, 5.41) is 4.21. The number of carbonyl (C=O) groups excluding carboxylic acids is 1. The fourth-order valence-electron chi connectivity index (χ4n) is 5.51. The van der Waals surface area contributed by atoms with Gasteiger partial charge in [0.1, 0.15) is 0 Å². The van der Waals surface area contributed by atoms with Crippen LogP contribution in [0.15, 0.2) is 84.4 Å². The van der Waals surface area contributed by atoms with E-state index in [2.05, 4.69) is 59.1 Å². The molecule has 0 radical (unpaired) electrons. The van der Waals surface area contributed by atoms with Gasteiger partial charge in [-0.05, 0) is 74.5 Å². The van der Waals surface area contributed by atoms with Crippen LogP contribution < -0.4 is 9.47 Å². The Morgan fingerprint density at radius 2 is 1.60 bits per heavy atom. The van der Waals surface area contributed by atoms with Crippen molar-refractivity contribution in [2.24, 2.45) is 5.92 Å². The molecule has 3 aromatic carbocycles. The highest BCUT2D eigenvalue weighted by Crippen LogP contribution is 2.32. The number of benzene rings is 3. The number of hydrogen-bond donors (Lipinski definition) is 0. The maximum atomic E-state index is 13.8. The minimum Gasteiger partial charge on any atom is -0.493 e. The molecule has 4 aromatic rings. The molecule has 0 unspecified atom stereocenters. The first-order valence-corrected chi connectivity index (χ1v) is 15.6. The van der Waals surface area contributed by atoms with Gasteiger partial charge in [0.15, 0.2) is 11.5 Å². The molecule has 238 valence electrons. The first kappa shape index (κ1) is 33.5. The Hall–Kier alpha value is -4.43. The summed E-state index contributed by atoms with van der Waals surface area (Å²) in [7, 11) is 3.19. The number of aryl methyl sites for hydroxylation is 1. The molecule has 45 heavy (non-hydrogen) atoms. The fourth-order valence-corrected chi connectivity index (χ4v) is 5.51. The van der Waals surface area contributed by atoms with E-state index in [0.29, 0.717) is 35.7 Å². The summed E-state index contributed by atoms with van der Waals surface area (Å²) in [6, 6.07) is 21.7. The Balaban J connectivity index is 0.00000226. The predicted molar refractivity (Wildman–Crippen MR) is 179 cm³/mol. The van der Waals surface area contributed by atoms with E-state index < -0.39 is 0 Å². The molecule has 1 aliphatic heterocycles. The van der Waals surface area contributed by atoms with Crippen molar-refractivity contribution in [1.82, 2.24) is 19.9 Å². The average Bonchev–Trinajstić information content (AvgIpc) is 3.58. The van der Waals surface area contributed by atoms with E-state index in [4.69, 9.17) is 14.0 Å². The Kier molecular flexibility index (Phi) is 11.9. The molecule has 8 heteroatoms. The van der Waals surface area contributed by atoms with Gasteiger partial charge in [-0.3, -0.25) is 4.79 Å². The summed E-state index contributed by atoms with van der Waals surface area (Å²) >= 11 is 0. The van der Waals surface area contributed by atoms with Crippen molar-refractivity contribution in [2.45, 2.75) is 52.6 Å². The van der Waals surface area contributed by atoms with Crippen molar-refractivity contribution in [2.75, 3.05) is 33.9 Å². The Morgan fingerprint density at radius 1 is 0.956 bits per heavy atom. The van der Waals surface area contributed by atoms with Gasteiger partial charge in [-0.1, -0.05) is 61.0 Å². The standard InChI is InChI=1S/C35H42N4O4.C2H4/c1-24(2)16-19-38-20-17-30(18-21-38)39(35(40)28-10-6-25(3)7-11-28)23-26-8-12-27(13-9-26)33-36-34(43-37-33)29-14-15-31(41-4)32(22-29)42-5;1-2/h6-15,22,24,30H,16-21,23H2,1-5H3;1-2H2. The minimum atomic E-state index is 0.0856. The minimum absolute atomic E-state index is 0.0856. The average molecular weight is 611 g/mol. The number of nitrogens with zero attached hydrogens (tertiary/aromatic N) is 4. The Morgan fingerprint density at radius 3 is 2.22 bits per heavy atom. The largest absolute Gasteiger partial charge is 0.493 e. The van der Waals surface area contributed by atoms with Crippen LogP contribution >= 0.6 is 0 Å². The summed E-state index contributed by atoms with van der Waals surface area (Å²) in [4.78, 5) is 23.1. The molecule has 5 rings (SSSR count). The highest BCUT2D eigenvalue weighted by molar-refractivity contribution is 5.94. The molecule has 1 amide bonds. The van der Waals surface area contributed by atoms with Gasteiger partial charge in [0, 0.05) is 42.4 Å². The number of rotatable bonds is 11. The van der Waals surface area contributed by atoms with Gasteiger partial charge in [0.2, 0.25) is 5.82 Å². The number of aromatic nitrogens is 2. The summed E-state index contributed by atoms with van der Waals surface area (Å²) in [5.41, 5.74) is 4.53. The zero-order chi connectivity index (χ0) is 32.3. The van der Waals surface area contributed by atoms with Crippen molar-refractivity contribution in [3.63, 3.8) is 0 Å². The van der Waals surface area contributed by atoms with E-state index in [1.807, 2.05) is 61.5 Å². The zero-order valence-electron chi connectivity index (χ0n) is 27.3. The van der Waals surface area contributed by atoms with Gasteiger partial charge in [-0.2, -0.15) is 4.98 Å². The molecule has 8 nitrogen and oxygen atoms in total. The third kappa shape index (κ3) is 8.60. The van der Waals surface area contributed by atoms with Gasteiger partial charge < -0.3 is 23.8 Å².